The van der Waals surface area contributed by atoms with Crippen molar-refractivity contribution in [2.75, 3.05) is 13.1 Å². The molecule has 17 heavy (non-hydrogen) atoms. The van der Waals surface area contributed by atoms with Crippen LogP contribution in [0.15, 0.2) is 9.98 Å². The molecule has 0 bridgehead atoms. The van der Waals surface area contributed by atoms with Crippen LogP contribution in [-0.2, 0) is 9.59 Å². The molecule has 4 heteroatoms. The smallest absolute Gasteiger partial charge is 0.211 e. The maximum atomic E-state index is 9.11. The molecular weight excluding hydrogens is 216 g/mol. The van der Waals surface area contributed by atoms with Crippen molar-refractivity contribution in [1.29, 1.82) is 0 Å². The third-order valence-corrected chi connectivity index (χ3v) is 0.445. The largest absolute Gasteiger partial charge is 0.234 e. The van der Waals surface area contributed by atoms with Crippen LogP contribution < -0.4 is 0 Å². The maximum absolute atomic E-state index is 9.11. The number of hydrogen-bond acceptors (Lipinski definition) is 4. The van der Waals surface area contributed by atoms with E-state index in [1.54, 1.807) is 13.8 Å². The van der Waals surface area contributed by atoms with Crippen LogP contribution in [0.5, 0.6) is 0 Å². The van der Waals surface area contributed by atoms with E-state index in [4.69, 9.17) is 9.59 Å². The van der Waals surface area contributed by atoms with Crippen LogP contribution in [0.25, 0.3) is 0 Å². The molecule has 0 aliphatic rings. The van der Waals surface area contributed by atoms with Crippen LogP contribution in [0.1, 0.15) is 62.8 Å². The van der Waals surface area contributed by atoms with Gasteiger partial charge in [-0.3, -0.25) is 0 Å². The minimum Gasteiger partial charge on any atom is -0.211 e. The second-order valence-corrected chi connectivity index (χ2v) is 1.84. The van der Waals surface area contributed by atoms with Gasteiger partial charge in [0.1, 0.15) is 0 Å². The Morgan fingerprint density at radius 3 is 0.941 bits per heavy atom. The third-order valence-electron chi connectivity index (χ3n) is 0.445. The van der Waals surface area contributed by atoms with E-state index in [0.717, 1.165) is 0 Å². The Hall–Kier alpha value is -1.24. The van der Waals surface area contributed by atoms with Gasteiger partial charge in [-0.05, 0) is 13.8 Å². The van der Waals surface area contributed by atoms with Gasteiger partial charge in [0.25, 0.3) is 0 Å². The summed E-state index contributed by atoms with van der Waals surface area (Å²) in [7, 11) is 0. The van der Waals surface area contributed by atoms with Crippen LogP contribution in [0.4, 0.5) is 0 Å². The molecule has 0 spiro atoms. The summed E-state index contributed by atoms with van der Waals surface area (Å²) in [6.45, 7) is 12.9. The summed E-state index contributed by atoms with van der Waals surface area (Å²) in [5.41, 5.74) is 0. The van der Waals surface area contributed by atoms with E-state index < -0.39 is 0 Å². The van der Waals surface area contributed by atoms with Crippen molar-refractivity contribution >= 4 is 12.2 Å². The first-order chi connectivity index (χ1) is 7.24. The van der Waals surface area contributed by atoms with Gasteiger partial charge in [-0.25, -0.2) is 19.6 Å². The molecular formula is C13H32N2O2. The Labute approximate surface area is 108 Å². The molecule has 0 aromatic rings. The Bertz CT molecular complexity index is 141. The van der Waals surface area contributed by atoms with Crippen molar-refractivity contribution in [1.82, 2.24) is 0 Å². The number of hydrogen-bond donors (Lipinski definition) is 0. The molecule has 0 N–H and O–H groups in total. The van der Waals surface area contributed by atoms with Crippen LogP contribution in [0, 0.1) is 0 Å². The molecule has 0 saturated carbocycles. The van der Waals surface area contributed by atoms with Crippen molar-refractivity contribution in [3.8, 4) is 0 Å². The van der Waals surface area contributed by atoms with Gasteiger partial charge in [0.15, 0.2) is 0 Å². The number of rotatable bonds is 2. The Morgan fingerprint density at radius 1 is 0.765 bits per heavy atom. The first-order valence-corrected chi connectivity index (χ1v) is 5.32. The first kappa shape index (κ1) is 36.0. The van der Waals surface area contributed by atoms with Gasteiger partial charge >= 0.3 is 0 Å². The van der Waals surface area contributed by atoms with Gasteiger partial charge in [0.2, 0.25) is 12.2 Å². The van der Waals surface area contributed by atoms with E-state index in [1.165, 1.54) is 18.6 Å². The molecule has 0 amide bonds. The van der Waals surface area contributed by atoms with E-state index in [0.29, 0.717) is 13.1 Å². The van der Waals surface area contributed by atoms with Gasteiger partial charge in [0, 0.05) is 13.1 Å². The normalized spacial score (nSPS) is 4.82. The average Bonchev–Trinajstić information content (AvgIpc) is 2.25. The maximum Gasteiger partial charge on any atom is 0.234 e. The monoisotopic (exact) mass is 248 g/mol. The number of isocyanates is 2. The fourth-order valence-corrected chi connectivity index (χ4v) is 0.129. The molecule has 106 valence electrons. The lowest BCUT2D eigenvalue weighted by atomic mass is 10.6. The molecule has 0 saturated heterocycles. The van der Waals surface area contributed by atoms with Crippen molar-refractivity contribution in [3.63, 3.8) is 0 Å². The zero-order valence-corrected chi connectivity index (χ0v) is 10.8. The second kappa shape index (κ2) is 84.2. The van der Waals surface area contributed by atoms with Crippen LogP contribution in [0.3, 0.4) is 0 Å². The van der Waals surface area contributed by atoms with Crippen LogP contribution in [-0.4, -0.2) is 25.2 Å². The topological polar surface area (TPSA) is 58.9 Å². The molecule has 0 heterocycles. The Kier molecular flexibility index (Phi) is 179. The summed E-state index contributed by atoms with van der Waals surface area (Å²) in [6, 6.07) is 0. The van der Waals surface area contributed by atoms with Gasteiger partial charge in [-0.2, -0.15) is 0 Å². The zero-order valence-electron chi connectivity index (χ0n) is 10.8. The van der Waals surface area contributed by atoms with Gasteiger partial charge in [-0.1, -0.05) is 49.0 Å². The molecule has 0 aliphatic carbocycles. The molecule has 0 aromatic heterocycles. The van der Waals surface area contributed by atoms with Crippen LogP contribution >= 0.6 is 0 Å². The SMILES string of the molecule is C.C.CC.CCC.CCN=C=O.CCN=C=O. The van der Waals surface area contributed by atoms with Crippen molar-refractivity contribution in [2.45, 2.75) is 62.8 Å². The van der Waals surface area contributed by atoms with Gasteiger partial charge in [-0.15, -0.1) is 0 Å². The van der Waals surface area contributed by atoms with E-state index in [9.17, 15) is 0 Å². The lowest BCUT2D eigenvalue weighted by Crippen LogP contribution is -1.58. The highest BCUT2D eigenvalue weighted by atomic mass is 16.1. The van der Waals surface area contributed by atoms with E-state index in [1.807, 2.05) is 13.8 Å². The standard InChI is InChI=1S/2C3H5NO.C3H8.C2H6.2CH4/c2*1-2-4-3-5;1-3-2;1-2;;/h2*2H2,1H3;3H2,1-2H3;1-2H3;2*1H4. The van der Waals surface area contributed by atoms with Crippen molar-refractivity contribution < 1.29 is 9.59 Å². The van der Waals surface area contributed by atoms with Crippen LogP contribution in [0.2, 0.25) is 0 Å². The highest BCUT2D eigenvalue weighted by Gasteiger charge is 1.52. The predicted molar refractivity (Wildman–Crippen MR) is 78.1 cm³/mol. The van der Waals surface area contributed by atoms with E-state index >= 15 is 0 Å². The Morgan fingerprint density at radius 2 is 0.941 bits per heavy atom. The summed E-state index contributed by atoms with van der Waals surface area (Å²) < 4.78 is 0. The van der Waals surface area contributed by atoms with E-state index in [2.05, 4.69) is 23.8 Å². The fraction of sp³-hybridized carbons (Fsp3) is 0.846. The number of carbonyl (C=O) groups excluding carboxylic acids is 2. The molecule has 4 nitrogen and oxygen atoms in total. The minimum atomic E-state index is 0. The minimum absolute atomic E-state index is 0. The summed E-state index contributed by atoms with van der Waals surface area (Å²) in [6.07, 6.45) is 4.03. The molecule has 0 unspecified atom stereocenters. The second-order valence-electron chi connectivity index (χ2n) is 1.84. The first-order valence-electron chi connectivity index (χ1n) is 5.32. The molecule has 0 fully saturated rings. The predicted octanol–water partition coefficient (Wildman–Crippen LogP) is 4.40. The van der Waals surface area contributed by atoms with Crippen molar-refractivity contribution in [3.05, 3.63) is 0 Å². The molecule has 0 radical (unpaired) electrons. The zero-order chi connectivity index (χ0) is 12.9. The molecule has 0 rings (SSSR count). The number of aliphatic imine (C=N–C) groups is 2. The Balaban J connectivity index is -0.0000000241. The van der Waals surface area contributed by atoms with E-state index in [-0.39, 0.29) is 14.9 Å². The highest BCUT2D eigenvalue weighted by molar-refractivity contribution is 5.32. The molecule has 0 atom stereocenters. The van der Waals surface area contributed by atoms with Gasteiger partial charge in [0.05, 0.1) is 0 Å². The summed E-state index contributed by atoms with van der Waals surface area (Å²) in [4.78, 5) is 24.6. The summed E-state index contributed by atoms with van der Waals surface area (Å²) in [5.74, 6) is 0. The molecule has 0 aliphatic heterocycles. The quantitative estimate of drug-likeness (QED) is 0.537. The van der Waals surface area contributed by atoms with Gasteiger partial charge < -0.3 is 0 Å². The average molecular weight is 248 g/mol. The number of nitrogens with zero attached hydrogens (tertiary/aromatic N) is 2. The highest BCUT2D eigenvalue weighted by Crippen LogP contribution is 1.56. The lowest BCUT2D eigenvalue weighted by Gasteiger charge is -1.58. The lowest BCUT2D eigenvalue weighted by molar-refractivity contribution is 0.562. The van der Waals surface area contributed by atoms with Crippen molar-refractivity contribution in [2.24, 2.45) is 9.98 Å². The molecule has 0 aromatic carbocycles. The third kappa shape index (κ3) is 315. The summed E-state index contributed by atoms with van der Waals surface area (Å²) in [5, 5.41) is 0. The fourth-order valence-electron chi connectivity index (χ4n) is 0.129. The summed E-state index contributed by atoms with van der Waals surface area (Å²) >= 11 is 0.